The van der Waals surface area contributed by atoms with Crippen LogP contribution in [0.2, 0.25) is 0 Å². The van der Waals surface area contributed by atoms with Crippen molar-refractivity contribution in [2.45, 2.75) is 36.8 Å². The number of hydrogen-bond donors (Lipinski definition) is 0. The van der Waals surface area contributed by atoms with E-state index in [0.717, 1.165) is 11.1 Å². The molecule has 0 fully saturated rings. The van der Waals surface area contributed by atoms with E-state index in [-0.39, 0.29) is 4.90 Å². The van der Waals surface area contributed by atoms with Gasteiger partial charge in [-0.15, -0.1) is 0 Å². The van der Waals surface area contributed by atoms with Gasteiger partial charge in [-0.2, -0.15) is 0 Å². The van der Waals surface area contributed by atoms with Crippen molar-refractivity contribution in [2.75, 3.05) is 7.11 Å². The normalized spacial score (nSPS) is 19.3. The fourth-order valence-corrected chi connectivity index (χ4v) is 4.01. The van der Waals surface area contributed by atoms with Crippen molar-refractivity contribution in [3.63, 3.8) is 0 Å². The Kier molecular flexibility index (Phi) is 2.77. The lowest BCUT2D eigenvalue weighted by Gasteiger charge is -2.15. The summed E-state index contributed by atoms with van der Waals surface area (Å²) in [6.45, 7) is 5.19. The maximum absolute atomic E-state index is 12.3. The minimum absolute atomic E-state index is 0.263. The lowest BCUT2D eigenvalue weighted by molar-refractivity contribution is 0.0599. The first-order valence-corrected chi connectivity index (χ1v) is 7.15. The Morgan fingerprint density at radius 1 is 1.33 bits per heavy atom. The van der Waals surface area contributed by atoms with E-state index >= 15 is 0 Å². The van der Waals surface area contributed by atoms with Gasteiger partial charge in [0.25, 0.3) is 0 Å². The zero-order valence-corrected chi connectivity index (χ0v) is 11.7. The SMILES string of the molecule is COC(=O)c1cc2c(cc1C)CC(C)(C)S2(=O)=O. The molecule has 1 aromatic rings. The molecule has 0 unspecified atom stereocenters. The summed E-state index contributed by atoms with van der Waals surface area (Å²) in [5.74, 6) is -0.504. The zero-order valence-electron chi connectivity index (χ0n) is 10.9. The molecule has 0 aromatic heterocycles. The summed E-state index contributed by atoms with van der Waals surface area (Å²) >= 11 is 0. The van der Waals surface area contributed by atoms with Crippen LogP contribution in [0.4, 0.5) is 0 Å². The summed E-state index contributed by atoms with van der Waals surface area (Å²) < 4.78 is 28.5. The zero-order chi connectivity index (χ0) is 13.7. The maximum atomic E-state index is 12.3. The van der Waals surface area contributed by atoms with Crippen molar-refractivity contribution in [1.29, 1.82) is 0 Å². The molecular weight excluding hydrogens is 252 g/mol. The van der Waals surface area contributed by atoms with Crippen LogP contribution < -0.4 is 0 Å². The molecule has 1 heterocycles. The summed E-state index contributed by atoms with van der Waals surface area (Å²) in [4.78, 5) is 11.9. The molecule has 0 bridgehead atoms. The minimum Gasteiger partial charge on any atom is -0.465 e. The van der Waals surface area contributed by atoms with Crippen molar-refractivity contribution in [3.05, 3.63) is 28.8 Å². The van der Waals surface area contributed by atoms with Gasteiger partial charge in [0, 0.05) is 0 Å². The highest BCUT2D eigenvalue weighted by Gasteiger charge is 2.44. The number of benzene rings is 1. The first-order chi connectivity index (χ1) is 8.20. The minimum atomic E-state index is -3.37. The number of carbonyl (C=O) groups is 1. The van der Waals surface area contributed by atoms with Gasteiger partial charge in [-0.25, -0.2) is 13.2 Å². The second-order valence-corrected chi connectivity index (χ2v) is 7.76. The van der Waals surface area contributed by atoms with Crippen LogP contribution in [0.3, 0.4) is 0 Å². The largest absolute Gasteiger partial charge is 0.465 e. The van der Waals surface area contributed by atoms with Crippen LogP contribution in [0.15, 0.2) is 17.0 Å². The summed E-state index contributed by atoms with van der Waals surface area (Å²) in [5, 5.41) is 0. The number of aryl methyl sites for hydroxylation is 1. The van der Waals surface area contributed by atoms with Gasteiger partial charge in [-0.3, -0.25) is 0 Å². The second kappa shape index (κ2) is 3.82. The smallest absolute Gasteiger partial charge is 0.338 e. The van der Waals surface area contributed by atoms with E-state index in [0.29, 0.717) is 12.0 Å². The fourth-order valence-electron chi connectivity index (χ4n) is 2.32. The van der Waals surface area contributed by atoms with Crippen molar-refractivity contribution in [2.24, 2.45) is 0 Å². The Labute approximate surface area is 107 Å². The molecule has 0 spiro atoms. The highest BCUT2D eigenvalue weighted by molar-refractivity contribution is 7.93. The molecule has 0 aliphatic carbocycles. The molecule has 0 amide bonds. The summed E-state index contributed by atoms with van der Waals surface area (Å²) in [6, 6.07) is 3.22. The quantitative estimate of drug-likeness (QED) is 0.730. The molecule has 1 aliphatic heterocycles. The second-order valence-electron chi connectivity index (χ2n) is 5.21. The number of methoxy groups -OCH3 is 1. The topological polar surface area (TPSA) is 60.4 Å². The monoisotopic (exact) mass is 268 g/mol. The Morgan fingerprint density at radius 3 is 2.50 bits per heavy atom. The van der Waals surface area contributed by atoms with Gasteiger partial charge in [0.1, 0.15) is 0 Å². The Morgan fingerprint density at radius 2 is 1.94 bits per heavy atom. The van der Waals surface area contributed by atoms with E-state index in [9.17, 15) is 13.2 Å². The first kappa shape index (κ1) is 13.1. The Hall–Kier alpha value is -1.36. The number of hydrogen-bond acceptors (Lipinski definition) is 4. The van der Waals surface area contributed by atoms with Crippen LogP contribution in [0.25, 0.3) is 0 Å². The van der Waals surface area contributed by atoms with Crippen LogP contribution in [0, 0.1) is 6.92 Å². The van der Waals surface area contributed by atoms with Crippen LogP contribution in [0.1, 0.15) is 35.3 Å². The maximum Gasteiger partial charge on any atom is 0.338 e. The average molecular weight is 268 g/mol. The predicted molar refractivity (Wildman–Crippen MR) is 67.5 cm³/mol. The molecule has 0 saturated heterocycles. The van der Waals surface area contributed by atoms with E-state index < -0.39 is 20.6 Å². The lowest BCUT2D eigenvalue weighted by Crippen LogP contribution is -2.27. The molecular formula is C13H16O4S. The first-order valence-electron chi connectivity index (χ1n) is 5.67. The molecule has 4 nitrogen and oxygen atoms in total. The third-order valence-electron chi connectivity index (χ3n) is 3.45. The average Bonchev–Trinajstić information content (AvgIpc) is 2.43. The number of fused-ring (bicyclic) bond motifs is 1. The van der Waals surface area contributed by atoms with Crippen LogP contribution in [-0.4, -0.2) is 26.2 Å². The highest BCUT2D eigenvalue weighted by atomic mass is 32.2. The van der Waals surface area contributed by atoms with Crippen LogP contribution >= 0.6 is 0 Å². The highest BCUT2D eigenvalue weighted by Crippen LogP contribution is 2.40. The van der Waals surface area contributed by atoms with E-state index in [1.54, 1.807) is 26.8 Å². The van der Waals surface area contributed by atoms with Crippen molar-refractivity contribution >= 4 is 15.8 Å². The third kappa shape index (κ3) is 1.65. The van der Waals surface area contributed by atoms with Crippen molar-refractivity contribution in [1.82, 2.24) is 0 Å². The van der Waals surface area contributed by atoms with Gasteiger partial charge in [-0.1, -0.05) is 6.07 Å². The number of esters is 1. The van der Waals surface area contributed by atoms with Gasteiger partial charge >= 0.3 is 5.97 Å². The molecule has 5 heteroatoms. The number of rotatable bonds is 1. The van der Waals surface area contributed by atoms with E-state index in [4.69, 9.17) is 0 Å². The van der Waals surface area contributed by atoms with Gasteiger partial charge in [-0.05, 0) is 44.4 Å². The van der Waals surface area contributed by atoms with Gasteiger partial charge in [0.2, 0.25) is 0 Å². The number of carbonyl (C=O) groups excluding carboxylic acids is 1. The number of ether oxygens (including phenoxy) is 1. The van der Waals surface area contributed by atoms with Crippen molar-refractivity contribution < 1.29 is 17.9 Å². The molecule has 1 aromatic carbocycles. The van der Waals surface area contributed by atoms with Gasteiger partial charge < -0.3 is 4.74 Å². The van der Waals surface area contributed by atoms with Crippen LogP contribution in [-0.2, 0) is 21.0 Å². The molecule has 0 radical (unpaired) electrons. The summed E-state index contributed by atoms with van der Waals surface area (Å²) in [6.07, 6.45) is 0.479. The van der Waals surface area contributed by atoms with E-state index in [1.165, 1.54) is 13.2 Å². The predicted octanol–water partition coefficient (Wildman–Crippen LogP) is 1.89. The summed E-state index contributed by atoms with van der Waals surface area (Å²) in [7, 11) is -2.09. The molecule has 0 N–H and O–H groups in total. The Balaban J connectivity index is 2.70. The van der Waals surface area contributed by atoms with Gasteiger partial charge in [0.05, 0.1) is 22.3 Å². The van der Waals surface area contributed by atoms with Crippen molar-refractivity contribution in [3.8, 4) is 0 Å². The third-order valence-corrected chi connectivity index (χ3v) is 6.00. The standard InChI is InChI=1S/C13H16O4S/c1-8-5-9-7-13(2,3)18(15,16)11(9)6-10(8)12(14)17-4/h5-6H,7H2,1-4H3. The molecule has 1 aliphatic rings. The summed E-state index contributed by atoms with van der Waals surface area (Å²) in [5.41, 5.74) is 1.84. The number of sulfone groups is 1. The fraction of sp³-hybridized carbons (Fsp3) is 0.462. The van der Waals surface area contributed by atoms with Gasteiger partial charge in [0.15, 0.2) is 9.84 Å². The Bertz CT molecular complexity index is 627. The molecule has 98 valence electrons. The molecule has 2 rings (SSSR count). The molecule has 0 saturated carbocycles. The van der Waals surface area contributed by atoms with E-state index in [2.05, 4.69) is 4.74 Å². The van der Waals surface area contributed by atoms with E-state index in [1.807, 2.05) is 0 Å². The lowest BCUT2D eigenvalue weighted by atomic mass is 9.98. The molecule has 0 atom stereocenters. The van der Waals surface area contributed by atoms with Crippen LogP contribution in [0.5, 0.6) is 0 Å². The molecule has 18 heavy (non-hydrogen) atoms.